The van der Waals surface area contributed by atoms with Crippen LogP contribution in [0.25, 0.3) is 0 Å². The Balaban J connectivity index is 1.66. The summed E-state index contributed by atoms with van der Waals surface area (Å²) in [4.78, 5) is 14.3. The van der Waals surface area contributed by atoms with Gasteiger partial charge in [-0.25, -0.2) is 0 Å². The Kier molecular flexibility index (Phi) is 4.42. The summed E-state index contributed by atoms with van der Waals surface area (Å²) in [6.45, 7) is 0.532. The summed E-state index contributed by atoms with van der Waals surface area (Å²) in [5, 5.41) is 1.44. The minimum absolute atomic E-state index is 0.0346. The highest BCUT2D eigenvalue weighted by atomic mass is 35.5. The molecule has 0 spiro atoms. The van der Waals surface area contributed by atoms with E-state index in [0.29, 0.717) is 11.6 Å². The van der Waals surface area contributed by atoms with Gasteiger partial charge in [-0.05, 0) is 35.6 Å². The minimum atomic E-state index is 0.0346. The van der Waals surface area contributed by atoms with Crippen LogP contribution in [0.15, 0.2) is 48.5 Å². The first-order valence-corrected chi connectivity index (χ1v) is 8.06. The van der Waals surface area contributed by atoms with Crippen LogP contribution >= 0.6 is 23.2 Å². The fourth-order valence-electron chi connectivity index (χ4n) is 2.83. The van der Waals surface area contributed by atoms with Crippen LogP contribution in [0.4, 0.5) is 0 Å². The number of benzene rings is 2. The van der Waals surface area contributed by atoms with E-state index in [1.807, 2.05) is 55.6 Å². The van der Waals surface area contributed by atoms with Crippen LogP contribution in [0.3, 0.4) is 0 Å². The fraction of sp³-hybridized carbons (Fsp3) is 0.278. The Morgan fingerprint density at radius 2 is 1.73 bits per heavy atom. The molecule has 2 aromatic carbocycles. The third-order valence-electron chi connectivity index (χ3n) is 4.15. The van der Waals surface area contributed by atoms with Gasteiger partial charge in [-0.3, -0.25) is 4.79 Å². The van der Waals surface area contributed by atoms with Gasteiger partial charge in [-0.1, -0.05) is 59.6 Å². The zero-order chi connectivity index (χ0) is 15.7. The quantitative estimate of drug-likeness (QED) is 0.790. The van der Waals surface area contributed by atoms with Crippen LogP contribution in [0.5, 0.6) is 0 Å². The third-order valence-corrected chi connectivity index (χ3v) is 4.87. The molecule has 2 unspecified atom stereocenters. The van der Waals surface area contributed by atoms with Crippen molar-refractivity contribution in [3.05, 3.63) is 69.7 Å². The molecule has 3 rings (SSSR count). The molecule has 0 saturated heterocycles. The van der Waals surface area contributed by atoms with Crippen molar-refractivity contribution in [2.75, 3.05) is 7.05 Å². The highest BCUT2D eigenvalue weighted by Crippen LogP contribution is 2.50. The van der Waals surface area contributed by atoms with E-state index in [2.05, 4.69) is 0 Å². The average Bonchev–Trinajstić information content (AvgIpc) is 3.29. The second-order valence-electron chi connectivity index (χ2n) is 5.76. The maximum atomic E-state index is 12.6. The zero-order valence-electron chi connectivity index (χ0n) is 12.3. The molecule has 2 atom stereocenters. The molecule has 0 bridgehead atoms. The Labute approximate surface area is 140 Å². The minimum Gasteiger partial charge on any atom is -0.341 e. The van der Waals surface area contributed by atoms with Crippen LogP contribution in [-0.2, 0) is 11.3 Å². The molecule has 0 N–H and O–H groups in total. The fourth-order valence-corrected chi connectivity index (χ4v) is 3.30. The number of rotatable bonds is 4. The average molecular weight is 334 g/mol. The molecule has 1 saturated carbocycles. The van der Waals surface area contributed by atoms with E-state index in [1.54, 1.807) is 4.90 Å². The van der Waals surface area contributed by atoms with E-state index in [-0.39, 0.29) is 17.7 Å². The van der Waals surface area contributed by atoms with Gasteiger partial charge in [0.25, 0.3) is 0 Å². The number of halogens is 2. The van der Waals surface area contributed by atoms with Crippen molar-refractivity contribution in [1.82, 2.24) is 4.90 Å². The first kappa shape index (κ1) is 15.4. The SMILES string of the molecule is CN(Cc1ccccc1Cl)C(=O)C1CC1c1ccccc1Cl. The zero-order valence-corrected chi connectivity index (χ0v) is 13.8. The van der Waals surface area contributed by atoms with E-state index in [9.17, 15) is 4.79 Å². The highest BCUT2D eigenvalue weighted by molar-refractivity contribution is 6.31. The van der Waals surface area contributed by atoms with Gasteiger partial charge in [0.2, 0.25) is 5.91 Å². The molecule has 2 nitrogen and oxygen atoms in total. The molecule has 1 fully saturated rings. The van der Waals surface area contributed by atoms with E-state index in [1.165, 1.54) is 0 Å². The maximum absolute atomic E-state index is 12.6. The number of carbonyl (C=O) groups is 1. The van der Waals surface area contributed by atoms with Gasteiger partial charge in [0.1, 0.15) is 0 Å². The van der Waals surface area contributed by atoms with Crippen molar-refractivity contribution in [2.24, 2.45) is 5.92 Å². The second-order valence-corrected chi connectivity index (χ2v) is 6.57. The van der Waals surface area contributed by atoms with Crippen LogP contribution < -0.4 is 0 Å². The molecule has 1 aliphatic carbocycles. The first-order chi connectivity index (χ1) is 10.6. The van der Waals surface area contributed by atoms with Crippen molar-refractivity contribution in [1.29, 1.82) is 0 Å². The molecule has 0 heterocycles. The first-order valence-electron chi connectivity index (χ1n) is 7.30. The molecule has 0 radical (unpaired) electrons. The van der Waals surface area contributed by atoms with Gasteiger partial charge in [-0.15, -0.1) is 0 Å². The molecule has 22 heavy (non-hydrogen) atoms. The molecule has 1 amide bonds. The Hall–Kier alpha value is -1.51. The summed E-state index contributed by atoms with van der Waals surface area (Å²) >= 11 is 12.4. The molecule has 4 heteroatoms. The van der Waals surface area contributed by atoms with Crippen LogP contribution in [0, 0.1) is 5.92 Å². The van der Waals surface area contributed by atoms with Gasteiger partial charge in [0.15, 0.2) is 0 Å². The summed E-state index contributed by atoms with van der Waals surface area (Å²) in [5.41, 5.74) is 2.05. The van der Waals surface area contributed by atoms with Gasteiger partial charge in [-0.2, -0.15) is 0 Å². The number of nitrogens with zero attached hydrogens (tertiary/aromatic N) is 1. The number of amides is 1. The summed E-state index contributed by atoms with van der Waals surface area (Å²) < 4.78 is 0. The lowest BCUT2D eigenvalue weighted by atomic mass is 10.1. The lowest BCUT2D eigenvalue weighted by Gasteiger charge is -2.18. The van der Waals surface area contributed by atoms with E-state index < -0.39 is 0 Å². The Bertz CT molecular complexity index is 697. The standard InChI is InChI=1S/C18H17Cl2NO/c1-21(11-12-6-2-4-8-16(12)19)18(22)15-10-14(15)13-7-3-5-9-17(13)20/h2-9,14-15H,10-11H2,1H3. The summed E-state index contributed by atoms with van der Waals surface area (Å²) in [5.74, 6) is 0.437. The molecule has 0 aliphatic heterocycles. The van der Waals surface area contributed by atoms with E-state index in [0.717, 1.165) is 22.6 Å². The third kappa shape index (κ3) is 3.13. The maximum Gasteiger partial charge on any atom is 0.226 e. The summed E-state index contributed by atoms with van der Waals surface area (Å²) in [6, 6.07) is 15.4. The van der Waals surface area contributed by atoms with Gasteiger partial charge in [0, 0.05) is 29.6 Å². The number of hydrogen-bond acceptors (Lipinski definition) is 1. The van der Waals surface area contributed by atoms with Crippen LogP contribution in [0.1, 0.15) is 23.5 Å². The second kappa shape index (κ2) is 6.31. The Morgan fingerprint density at radius 3 is 2.41 bits per heavy atom. The molecular formula is C18H17Cl2NO. The molecule has 0 aromatic heterocycles. The van der Waals surface area contributed by atoms with E-state index >= 15 is 0 Å². The van der Waals surface area contributed by atoms with Crippen LogP contribution in [0.2, 0.25) is 10.0 Å². The molecule has 2 aromatic rings. The van der Waals surface area contributed by atoms with Crippen LogP contribution in [-0.4, -0.2) is 17.9 Å². The van der Waals surface area contributed by atoms with Crippen molar-refractivity contribution in [2.45, 2.75) is 18.9 Å². The highest BCUT2D eigenvalue weighted by Gasteiger charge is 2.45. The largest absolute Gasteiger partial charge is 0.341 e. The predicted molar refractivity (Wildman–Crippen MR) is 90.2 cm³/mol. The van der Waals surface area contributed by atoms with Gasteiger partial charge in [0.05, 0.1) is 0 Å². The Morgan fingerprint density at radius 1 is 1.09 bits per heavy atom. The van der Waals surface area contributed by atoms with Crippen molar-refractivity contribution < 1.29 is 4.79 Å². The topological polar surface area (TPSA) is 20.3 Å². The van der Waals surface area contributed by atoms with E-state index in [4.69, 9.17) is 23.2 Å². The molecular weight excluding hydrogens is 317 g/mol. The number of carbonyl (C=O) groups excluding carboxylic acids is 1. The van der Waals surface area contributed by atoms with Crippen molar-refractivity contribution in [3.63, 3.8) is 0 Å². The smallest absolute Gasteiger partial charge is 0.226 e. The lowest BCUT2D eigenvalue weighted by molar-refractivity contribution is -0.131. The normalized spacial score (nSPS) is 19.8. The summed E-state index contributed by atoms with van der Waals surface area (Å²) in [6.07, 6.45) is 0.870. The van der Waals surface area contributed by atoms with Gasteiger partial charge >= 0.3 is 0 Å². The molecule has 114 valence electrons. The monoisotopic (exact) mass is 333 g/mol. The van der Waals surface area contributed by atoms with Gasteiger partial charge < -0.3 is 4.90 Å². The number of hydrogen-bond donors (Lipinski definition) is 0. The van der Waals surface area contributed by atoms with Crippen molar-refractivity contribution in [3.8, 4) is 0 Å². The summed E-state index contributed by atoms with van der Waals surface area (Å²) in [7, 11) is 1.83. The lowest BCUT2D eigenvalue weighted by Crippen LogP contribution is -2.28. The predicted octanol–water partition coefficient (Wildman–Crippen LogP) is 4.76. The molecule has 1 aliphatic rings. The van der Waals surface area contributed by atoms with Crippen molar-refractivity contribution >= 4 is 29.1 Å².